The predicted octanol–water partition coefficient (Wildman–Crippen LogP) is 1.36. The predicted molar refractivity (Wildman–Crippen MR) is 60.2 cm³/mol. The zero-order chi connectivity index (χ0) is 11.0. The van der Waals surface area contributed by atoms with Gasteiger partial charge in [-0.05, 0) is 32.1 Å². The molecule has 3 nitrogen and oxygen atoms in total. The molecule has 0 rings (SSSR count). The molecular formula is C11H22N2O. The van der Waals surface area contributed by atoms with Gasteiger partial charge in [0.2, 0.25) is 5.91 Å². The fourth-order valence-corrected chi connectivity index (χ4v) is 1.34. The van der Waals surface area contributed by atoms with Crippen molar-refractivity contribution in [1.82, 2.24) is 9.80 Å². The minimum atomic E-state index is 0.00421. The molecular weight excluding hydrogens is 176 g/mol. The molecule has 14 heavy (non-hydrogen) atoms. The lowest BCUT2D eigenvalue weighted by Crippen LogP contribution is -2.30. The minimum Gasteiger partial charge on any atom is -0.342 e. The van der Waals surface area contributed by atoms with Crippen LogP contribution < -0.4 is 0 Å². The van der Waals surface area contributed by atoms with Crippen LogP contribution in [0.1, 0.15) is 20.3 Å². The molecule has 0 aliphatic carbocycles. The van der Waals surface area contributed by atoms with E-state index in [1.165, 1.54) is 6.08 Å². The first-order valence-electron chi connectivity index (χ1n) is 5.25. The van der Waals surface area contributed by atoms with Crippen LogP contribution >= 0.6 is 0 Å². The van der Waals surface area contributed by atoms with Gasteiger partial charge < -0.3 is 9.80 Å². The van der Waals surface area contributed by atoms with Crippen molar-refractivity contribution in [3.8, 4) is 0 Å². The van der Waals surface area contributed by atoms with Crippen LogP contribution in [0.15, 0.2) is 12.7 Å². The van der Waals surface area contributed by atoms with E-state index in [-0.39, 0.29) is 5.91 Å². The molecule has 0 unspecified atom stereocenters. The maximum atomic E-state index is 11.1. The first-order valence-corrected chi connectivity index (χ1v) is 5.25. The lowest BCUT2D eigenvalue weighted by molar-refractivity contribution is -0.124. The molecule has 0 saturated heterocycles. The van der Waals surface area contributed by atoms with E-state index in [0.717, 1.165) is 32.6 Å². The number of rotatable bonds is 7. The van der Waals surface area contributed by atoms with Crippen LogP contribution in [0.2, 0.25) is 0 Å². The summed E-state index contributed by atoms with van der Waals surface area (Å²) in [6.45, 7) is 11.8. The maximum Gasteiger partial charge on any atom is 0.245 e. The van der Waals surface area contributed by atoms with Crippen molar-refractivity contribution in [2.75, 3.05) is 33.2 Å². The van der Waals surface area contributed by atoms with Crippen molar-refractivity contribution >= 4 is 5.91 Å². The lowest BCUT2D eigenvalue weighted by Gasteiger charge is -2.20. The summed E-state index contributed by atoms with van der Waals surface area (Å²) < 4.78 is 0. The summed E-state index contributed by atoms with van der Waals surface area (Å²) in [6, 6.07) is 0. The third-order valence-corrected chi connectivity index (χ3v) is 2.41. The Bertz CT molecular complexity index is 176. The monoisotopic (exact) mass is 198 g/mol. The van der Waals surface area contributed by atoms with Crippen LogP contribution in [0.25, 0.3) is 0 Å². The highest BCUT2D eigenvalue weighted by atomic mass is 16.2. The molecule has 82 valence electrons. The minimum absolute atomic E-state index is 0.00421. The van der Waals surface area contributed by atoms with Gasteiger partial charge in [0.05, 0.1) is 0 Å². The molecule has 0 aromatic carbocycles. The molecule has 0 heterocycles. The summed E-state index contributed by atoms with van der Waals surface area (Å²) in [5, 5.41) is 0. The molecule has 0 aliphatic heterocycles. The van der Waals surface area contributed by atoms with Crippen LogP contribution in [0.3, 0.4) is 0 Å². The summed E-state index contributed by atoms with van der Waals surface area (Å²) >= 11 is 0. The van der Waals surface area contributed by atoms with Crippen LogP contribution in [0.4, 0.5) is 0 Å². The van der Waals surface area contributed by atoms with Crippen LogP contribution in [0.5, 0.6) is 0 Å². The Morgan fingerprint density at radius 3 is 2.29 bits per heavy atom. The van der Waals surface area contributed by atoms with Gasteiger partial charge in [-0.1, -0.05) is 20.4 Å². The Kier molecular flexibility index (Phi) is 7.11. The van der Waals surface area contributed by atoms with Gasteiger partial charge in [0.1, 0.15) is 0 Å². The Balaban J connectivity index is 3.62. The number of hydrogen-bond donors (Lipinski definition) is 0. The summed E-state index contributed by atoms with van der Waals surface area (Å²) in [5.74, 6) is 0.00421. The van der Waals surface area contributed by atoms with Crippen molar-refractivity contribution < 1.29 is 4.79 Å². The van der Waals surface area contributed by atoms with Crippen molar-refractivity contribution in [3.05, 3.63) is 12.7 Å². The molecule has 0 radical (unpaired) electrons. The second-order valence-electron chi connectivity index (χ2n) is 3.34. The Hall–Kier alpha value is -0.830. The zero-order valence-corrected chi connectivity index (χ0v) is 9.62. The van der Waals surface area contributed by atoms with E-state index in [4.69, 9.17) is 0 Å². The Labute approximate surface area is 87.4 Å². The summed E-state index contributed by atoms with van der Waals surface area (Å²) in [7, 11) is 1.81. The molecule has 0 aromatic heterocycles. The van der Waals surface area contributed by atoms with E-state index in [1.807, 2.05) is 7.05 Å². The third kappa shape index (κ3) is 5.02. The standard InChI is InChI=1S/C11H22N2O/c1-5-11(14)12(4)9-8-10-13(6-2)7-3/h5H,1,6-10H2,2-4H3. The number of hydrogen-bond acceptors (Lipinski definition) is 2. The van der Waals surface area contributed by atoms with Gasteiger partial charge in [-0.15, -0.1) is 0 Å². The molecule has 0 N–H and O–H groups in total. The van der Waals surface area contributed by atoms with Gasteiger partial charge in [0, 0.05) is 13.6 Å². The summed E-state index contributed by atoms with van der Waals surface area (Å²) in [4.78, 5) is 15.2. The molecule has 0 saturated carbocycles. The van der Waals surface area contributed by atoms with E-state index >= 15 is 0 Å². The molecule has 0 atom stereocenters. The first-order chi connectivity index (χ1) is 6.65. The summed E-state index contributed by atoms with van der Waals surface area (Å²) in [6.07, 6.45) is 2.38. The number of likely N-dealkylation sites (N-methyl/N-ethyl adjacent to an activating group) is 1. The van der Waals surface area contributed by atoms with E-state index in [1.54, 1.807) is 4.90 Å². The van der Waals surface area contributed by atoms with E-state index in [2.05, 4.69) is 25.3 Å². The van der Waals surface area contributed by atoms with Crippen molar-refractivity contribution in [1.29, 1.82) is 0 Å². The fraction of sp³-hybridized carbons (Fsp3) is 0.727. The second-order valence-corrected chi connectivity index (χ2v) is 3.34. The Morgan fingerprint density at radius 2 is 1.86 bits per heavy atom. The largest absolute Gasteiger partial charge is 0.342 e. The molecule has 0 bridgehead atoms. The molecule has 3 heteroatoms. The Morgan fingerprint density at radius 1 is 1.29 bits per heavy atom. The van der Waals surface area contributed by atoms with E-state index < -0.39 is 0 Å². The normalized spacial score (nSPS) is 10.3. The number of amides is 1. The highest BCUT2D eigenvalue weighted by Crippen LogP contribution is 1.94. The summed E-state index contributed by atoms with van der Waals surface area (Å²) in [5.41, 5.74) is 0. The molecule has 0 fully saturated rings. The van der Waals surface area contributed by atoms with Crippen LogP contribution in [0, 0.1) is 0 Å². The van der Waals surface area contributed by atoms with Gasteiger partial charge in [-0.25, -0.2) is 0 Å². The van der Waals surface area contributed by atoms with E-state index in [0.29, 0.717) is 0 Å². The van der Waals surface area contributed by atoms with Crippen molar-refractivity contribution in [3.63, 3.8) is 0 Å². The van der Waals surface area contributed by atoms with Crippen LogP contribution in [-0.2, 0) is 4.79 Å². The topological polar surface area (TPSA) is 23.6 Å². The lowest BCUT2D eigenvalue weighted by atomic mass is 10.3. The molecule has 1 amide bonds. The quantitative estimate of drug-likeness (QED) is 0.577. The van der Waals surface area contributed by atoms with Gasteiger partial charge in [0.25, 0.3) is 0 Å². The average molecular weight is 198 g/mol. The van der Waals surface area contributed by atoms with Crippen molar-refractivity contribution in [2.24, 2.45) is 0 Å². The highest BCUT2D eigenvalue weighted by Gasteiger charge is 2.04. The molecule has 0 aromatic rings. The highest BCUT2D eigenvalue weighted by molar-refractivity contribution is 5.86. The SMILES string of the molecule is C=CC(=O)N(C)CCCN(CC)CC. The van der Waals surface area contributed by atoms with Gasteiger partial charge >= 0.3 is 0 Å². The number of carbonyl (C=O) groups is 1. The first kappa shape index (κ1) is 13.2. The smallest absolute Gasteiger partial charge is 0.245 e. The molecule has 0 aliphatic rings. The number of carbonyl (C=O) groups excluding carboxylic acids is 1. The number of nitrogens with zero attached hydrogens (tertiary/aromatic N) is 2. The van der Waals surface area contributed by atoms with Gasteiger partial charge in [-0.3, -0.25) is 4.79 Å². The van der Waals surface area contributed by atoms with Gasteiger partial charge in [-0.2, -0.15) is 0 Å². The van der Waals surface area contributed by atoms with Gasteiger partial charge in [0.15, 0.2) is 0 Å². The van der Waals surface area contributed by atoms with E-state index in [9.17, 15) is 4.79 Å². The maximum absolute atomic E-state index is 11.1. The second kappa shape index (κ2) is 7.56. The average Bonchev–Trinajstić information content (AvgIpc) is 2.22. The fourth-order valence-electron chi connectivity index (χ4n) is 1.34. The molecule has 0 spiro atoms. The zero-order valence-electron chi connectivity index (χ0n) is 9.62. The third-order valence-electron chi connectivity index (χ3n) is 2.41. The van der Waals surface area contributed by atoms with Crippen molar-refractivity contribution in [2.45, 2.75) is 20.3 Å². The van der Waals surface area contributed by atoms with Crippen LogP contribution in [-0.4, -0.2) is 48.9 Å².